The number of carbonyl (C=O) groups is 1. The van der Waals surface area contributed by atoms with Crippen molar-refractivity contribution in [3.05, 3.63) is 0 Å². The van der Waals surface area contributed by atoms with Crippen molar-refractivity contribution in [2.24, 2.45) is 11.1 Å². The van der Waals surface area contributed by atoms with Gasteiger partial charge >= 0.3 is 0 Å². The van der Waals surface area contributed by atoms with Crippen molar-refractivity contribution < 1.29 is 9.53 Å². The number of hydrogen-bond acceptors (Lipinski definition) is 3. The summed E-state index contributed by atoms with van der Waals surface area (Å²) in [6.07, 6.45) is 4.97. The molecular formula is C11H20N2O2. The molecule has 1 amide bonds. The van der Waals surface area contributed by atoms with Gasteiger partial charge in [-0.25, -0.2) is 0 Å². The van der Waals surface area contributed by atoms with Crippen molar-refractivity contribution in [1.82, 2.24) is 5.32 Å². The lowest BCUT2D eigenvalue weighted by molar-refractivity contribution is -0.132. The van der Waals surface area contributed by atoms with Gasteiger partial charge in [0.2, 0.25) is 5.91 Å². The zero-order valence-corrected chi connectivity index (χ0v) is 9.34. The fourth-order valence-corrected chi connectivity index (χ4v) is 3.51. The third kappa shape index (κ3) is 1.39. The molecule has 1 saturated carbocycles. The molecule has 4 heteroatoms. The first-order chi connectivity index (χ1) is 7.17. The Morgan fingerprint density at radius 3 is 2.47 bits per heavy atom. The van der Waals surface area contributed by atoms with Crippen LogP contribution in [0.15, 0.2) is 0 Å². The molecule has 2 aliphatic rings. The van der Waals surface area contributed by atoms with Crippen LogP contribution in [0.25, 0.3) is 0 Å². The van der Waals surface area contributed by atoms with Crippen molar-refractivity contribution in [3.63, 3.8) is 0 Å². The summed E-state index contributed by atoms with van der Waals surface area (Å²) in [5.41, 5.74) is 5.16. The number of nitrogens with one attached hydrogen (secondary N) is 1. The van der Waals surface area contributed by atoms with Gasteiger partial charge in [0, 0.05) is 18.6 Å². The zero-order valence-electron chi connectivity index (χ0n) is 9.34. The van der Waals surface area contributed by atoms with Gasteiger partial charge in [0.15, 0.2) is 0 Å². The van der Waals surface area contributed by atoms with Crippen LogP contribution in [0.2, 0.25) is 0 Å². The molecule has 1 atom stereocenters. The SMILES string of the molecule is CNC1(C(N)=O)CCCC12CCOCC2. The molecule has 1 heterocycles. The lowest BCUT2D eigenvalue weighted by atomic mass is 9.66. The molecule has 1 aliphatic carbocycles. The highest BCUT2D eigenvalue weighted by Crippen LogP contribution is 2.52. The van der Waals surface area contributed by atoms with E-state index in [-0.39, 0.29) is 11.3 Å². The highest BCUT2D eigenvalue weighted by atomic mass is 16.5. The number of likely N-dealkylation sites (N-methyl/N-ethyl adjacent to an activating group) is 1. The van der Waals surface area contributed by atoms with E-state index in [2.05, 4.69) is 5.32 Å². The van der Waals surface area contributed by atoms with Crippen LogP contribution in [-0.2, 0) is 9.53 Å². The number of amides is 1. The number of hydrogen-bond donors (Lipinski definition) is 2. The van der Waals surface area contributed by atoms with Crippen LogP contribution in [0.1, 0.15) is 32.1 Å². The minimum Gasteiger partial charge on any atom is -0.381 e. The zero-order chi connectivity index (χ0) is 10.9. The average Bonchev–Trinajstić information content (AvgIpc) is 2.59. The van der Waals surface area contributed by atoms with E-state index in [1.807, 2.05) is 7.05 Å². The minimum atomic E-state index is -0.489. The van der Waals surface area contributed by atoms with Crippen LogP contribution in [0.4, 0.5) is 0 Å². The molecular weight excluding hydrogens is 192 g/mol. The molecule has 86 valence electrons. The number of carbonyl (C=O) groups excluding carboxylic acids is 1. The molecule has 0 aromatic heterocycles. The van der Waals surface area contributed by atoms with E-state index in [4.69, 9.17) is 10.5 Å². The van der Waals surface area contributed by atoms with Gasteiger partial charge in [0.25, 0.3) is 0 Å². The summed E-state index contributed by atoms with van der Waals surface area (Å²) in [5, 5.41) is 3.21. The van der Waals surface area contributed by atoms with Crippen molar-refractivity contribution in [2.45, 2.75) is 37.6 Å². The standard InChI is InChI=1S/C11H20N2O2/c1-13-11(9(12)14)4-2-3-10(11)5-7-15-8-6-10/h13H,2-8H2,1H3,(H2,12,14). The van der Waals surface area contributed by atoms with Crippen molar-refractivity contribution in [1.29, 1.82) is 0 Å². The highest BCUT2D eigenvalue weighted by Gasteiger charge is 2.57. The van der Waals surface area contributed by atoms with Crippen LogP contribution in [-0.4, -0.2) is 31.7 Å². The largest absolute Gasteiger partial charge is 0.381 e. The first kappa shape index (κ1) is 10.9. The van der Waals surface area contributed by atoms with E-state index in [1.54, 1.807) is 0 Å². The monoisotopic (exact) mass is 212 g/mol. The van der Waals surface area contributed by atoms with Crippen molar-refractivity contribution in [2.75, 3.05) is 20.3 Å². The smallest absolute Gasteiger partial charge is 0.238 e. The second-order valence-corrected chi connectivity index (χ2v) is 4.77. The Bertz CT molecular complexity index is 261. The second-order valence-electron chi connectivity index (χ2n) is 4.77. The summed E-state index contributed by atoms with van der Waals surface area (Å²) in [7, 11) is 1.85. The summed E-state index contributed by atoms with van der Waals surface area (Å²) in [6, 6.07) is 0. The molecule has 0 aromatic rings. The normalized spacial score (nSPS) is 34.5. The van der Waals surface area contributed by atoms with Gasteiger partial charge in [-0.1, -0.05) is 6.42 Å². The third-order valence-electron chi connectivity index (χ3n) is 4.41. The molecule has 1 saturated heterocycles. The van der Waals surface area contributed by atoms with E-state index in [0.717, 1.165) is 45.3 Å². The third-order valence-corrected chi connectivity index (χ3v) is 4.41. The van der Waals surface area contributed by atoms with Gasteiger partial charge < -0.3 is 15.8 Å². The lowest BCUT2D eigenvalue weighted by Crippen LogP contribution is -2.63. The van der Waals surface area contributed by atoms with Crippen molar-refractivity contribution >= 4 is 5.91 Å². The maximum absolute atomic E-state index is 11.7. The van der Waals surface area contributed by atoms with Gasteiger partial charge in [0.05, 0.1) is 0 Å². The molecule has 2 rings (SSSR count). The molecule has 3 N–H and O–H groups in total. The molecule has 15 heavy (non-hydrogen) atoms. The summed E-state index contributed by atoms with van der Waals surface area (Å²) in [6.45, 7) is 1.52. The van der Waals surface area contributed by atoms with E-state index in [9.17, 15) is 4.79 Å². The van der Waals surface area contributed by atoms with Crippen LogP contribution in [0, 0.1) is 5.41 Å². The van der Waals surface area contributed by atoms with Gasteiger partial charge in [-0.15, -0.1) is 0 Å². The Kier molecular flexibility index (Phi) is 2.73. The predicted molar refractivity (Wildman–Crippen MR) is 57.3 cm³/mol. The topological polar surface area (TPSA) is 64.3 Å². The maximum atomic E-state index is 11.7. The van der Waals surface area contributed by atoms with E-state index in [0.29, 0.717) is 0 Å². The number of ether oxygens (including phenoxy) is 1. The number of rotatable bonds is 2. The molecule has 1 spiro atoms. The van der Waals surface area contributed by atoms with Gasteiger partial charge in [0.1, 0.15) is 5.54 Å². The Labute approximate surface area is 90.5 Å². The molecule has 0 radical (unpaired) electrons. The fraction of sp³-hybridized carbons (Fsp3) is 0.909. The molecule has 1 aliphatic heterocycles. The number of nitrogens with two attached hydrogens (primary N) is 1. The predicted octanol–water partition coefficient (Wildman–Crippen LogP) is 0.411. The van der Waals surface area contributed by atoms with E-state index in [1.165, 1.54) is 0 Å². The van der Waals surface area contributed by atoms with Gasteiger partial charge in [-0.3, -0.25) is 4.79 Å². The van der Waals surface area contributed by atoms with E-state index >= 15 is 0 Å². The summed E-state index contributed by atoms with van der Waals surface area (Å²) in [4.78, 5) is 11.7. The van der Waals surface area contributed by atoms with Gasteiger partial charge in [-0.2, -0.15) is 0 Å². The van der Waals surface area contributed by atoms with Crippen LogP contribution in [0.5, 0.6) is 0 Å². The molecule has 2 fully saturated rings. The molecule has 1 unspecified atom stereocenters. The van der Waals surface area contributed by atoms with Crippen molar-refractivity contribution in [3.8, 4) is 0 Å². The maximum Gasteiger partial charge on any atom is 0.238 e. The Hall–Kier alpha value is -0.610. The first-order valence-corrected chi connectivity index (χ1v) is 5.73. The van der Waals surface area contributed by atoms with Crippen LogP contribution >= 0.6 is 0 Å². The molecule has 4 nitrogen and oxygen atoms in total. The molecule has 0 aromatic carbocycles. The van der Waals surface area contributed by atoms with Gasteiger partial charge in [-0.05, 0) is 32.7 Å². The fourth-order valence-electron chi connectivity index (χ4n) is 3.51. The van der Waals surface area contributed by atoms with Crippen LogP contribution in [0.3, 0.4) is 0 Å². The molecule has 0 bridgehead atoms. The summed E-state index contributed by atoms with van der Waals surface area (Å²) in [5.74, 6) is -0.190. The Morgan fingerprint density at radius 1 is 1.27 bits per heavy atom. The first-order valence-electron chi connectivity index (χ1n) is 5.73. The highest BCUT2D eigenvalue weighted by molar-refractivity contribution is 5.86. The Morgan fingerprint density at radius 2 is 1.93 bits per heavy atom. The number of primary amides is 1. The second kappa shape index (κ2) is 3.76. The minimum absolute atomic E-state index is 0.0475. The average molecular weight is 212 g/mol. The lowest BCUT2D eigenvalue weighted by Gasteiger charge is -2.46. The summed E-state index contributed by atoms with van der Waals surface area (Å²) < 4.78 is 5.39. The summed E-state index contributed by atoms with van der Waals surface area (Å²) >= 11 is 0. The Balaban J connectivity index is 2.32. The quantitative estimate of drug-likeness (QED) is 0.697. The van der Waals surface area contributed by atoms with E-state index < -0.39 is 5.54 Å². The van der Waals surface area contributed by atoms with Crippen LogP contribution < -0.4 is 11.1 Å².